The van der Waals surface area contributed by atoms with Crippen molar-refractivity contribution >= 4 is 5.82 Å². The van der Waals surface area contributed by atoms with E-state index in [-0.39, 0.29) is 5.41 Å². The maximum absolute atomic E-state index is 10.3. The second-order valence-electron chi connectivity index (χ2n) is 7.26. The van der Waals surface area contributed by atoms with Crippen LogP contribution in [0.15, 0.2) is 18.3 Å². The van der Waals surface area contributed by atoms with Gasteiger partial charge in [-0.25, -0.2) is 4.98 Å². The zero-order chi connectivity index (χ0) is 18.4. The number of hydrogen-bond acceptors (Lipinski definition) is 5. The highest BCUT2D eigenvalue weighted by Gasteiger charge is 2.37. The topological polar surface area (TPSA) is 48.8 Å². The number of rotatable bonds is 5. The van der Waals surface area contributed by atoms with Gasteiger partial charge in [-0.1, -0.05) is 27.7 Å². The van der Waals surface area contributed by atoms with Gasteiger partial charge in [-0.2, -0.15) is 0 Å². The van der Waals surface area contributed by atoms with Crippen molar-refractivity contribution in [3.8, 4) is 5.75 Å². The molecule has 0 aliphatic carbocycles. The number of ether oxygens (including phenoxy) is 1. The molecule has 0 saturated carbocycles. The summed E-state index contributed by atoms with van der Waals surface area (Å²) in [5.74, 6) is 1.79. The molecule has 1 fully saturated rings. The normalized spacial score (nSPS) is 16.4. The van der Waals surface area contributed by atoms with E-state index >= 15 is 0 Å². The molecule has 0 radical (unpaired) electrons. The van der Waals surface area contributed by atoms with Crippen LogP contribution in [0.4, 0.5) is 5.82 Å². The Morgan fingerprint density at radius 1 is 1.08 bits per heavy atom. The van der Waals surface area contributed by atoms with Crippen LogP contribution in [-0.4, -0.2) is 60.4 Å². The summed E-state index contributed by atoms with van der Waals surface area (Å²) in [5, 5.41) is 10.3. The Hall–Kier alpha value is -1.33. The van der Waals surface area contributed by atoms with Gasteiger partial charge >= 0.3 is 0 Å². The van der Waals surface area contributed by atoms with Gasteiger partial charge in [-0.05, 0) is 26.0 Å². The summed E-state index contributed by atoms with van der Waals surface area (Å²) in [4.78, 5) is 9.18. The predicted octanol–water partition coefficient (Wildman–Crippen LogP) is 3.04. The Balaban J connectivity index is 0.00000139. The summed E-state index contributed by atoms with van der Waals surface area (Å²) in [6.45, 7) is 16.9. The first kappa shape index (κ1) is 20.7. The van der Waals surface area contributed by atoms with Crippen molar-refractivity contribution in [2.24, 2.45) is 5.41 Å². The van der Waals surface area contributed by atoms with Crippen LogP contribution in [0.2, 0.25) is 0 Å². The molecule has 5 nitrogen and oxygen atoms in total. The van der Waals surface area contributed by atoms with Crippen LogP contribution in [0.3, 0.4) is 0 Å². The molecular weight excluding hydrogens is 302 g/mol. The molecule has 5 heteroatoms. The van der Waals surface area contributed by atoms with Gasteiger partial charge in [-0.15, -0.1) is 0 Å². The zero-order valence-electron chi connectivity index (χ0n) is 16.5. The number of aromatic nitrogens is 1. The minimum Gasteiger partial charge on any atom is -0.495 e. The van der Waals surface area contributed by atoms with Gasteiger partial charge in [0.2, 0.25) is 0 Å². The third-order valence-electron chi connectivity index (χ3n) is 4.93. The lowest BCUT2D eigenvalue weighted by Crippen LogP contribution is -2.53. The van der Waals surface area contributed by atoms with E-state index in [0.717, 1.165) is 44.3 Å². The maximum Gasteiger partial charge on any atom is 0.137 e. The average molecular weight is 338 g/mol. The van der Waals surface area contributed by atoms with E-state index in [4.69, 9.17) is 4.74 Å². The van der Waals surface area contributed by atoms with E-state index in [0.29, 0.717) is 0 Å². The second-order valence-corrected chi connectivity index (χ2v) is 7.26. The molecular formula is C19H35N3O2. The fraction of sp³-hybridized carbons (Fsp3) is 0.737. The van der Waals surface area contributed by atoms with Gasteiger partial charge in [0, 0.05) is 38.1 Å². The van der Waals surface area contributed by atoms with Crippen LogP contribution in [0, 0.1) is 5.41 Å². The van der Waals surface area contributed by atoms with Crippen molar-refractivity contribution in [2.45, 2.75) is 47.1 Å². The molecule has 1 N–H and O–H groups in total. The summed E-state index contributed by atoms with van der Waals surface area (Å²) in [5.41, 5.74) is -0.810. The Morgan fingerprint density at radius 2 is 1.67 bits per heavy atom. The third-order valence-corrected chi connectivity index (χ3v) is 4.93. The lowest BCUT2D eigenvalue weighted by molar-refractivity contribution is -0.0524. The molecule has 2 rings (SSSR count). The molecule has 1 aliphatic rings. The molecule has 0 atom stereocenters. The average Bonchev–Trinajstić information content (AvgIpc) is 2.56. The van der Waals surface area contributed by atoms with Crippen LogP contribution >= 0.6 is 0 Å². The van der Waals surface area contributed by atoms with Crippen LogP contribution < -0.4 is 9.64 Å². The van der Waals surface area contributed by atoms with Crippen molar-refractivity contribution in [3.05, 3.63) is 18.3 Å². The highest BCUT2D eigenvalue weighted by atomic mass is 16.5. The van der Waals surface area contributed by atoms with Crippen LogP contribution in [0.25, 0.3) is 0 Å². The van der Waals surface area contributed by atoms with Gasteiger partial charge in [0.25, 0.3) is 0 Å². The molecule has 2 heterocycles. The molecule has 0 aromatic carbocycles. The summed E-state index contributed by atoms with van der Waals surface area (Å²) in [6.07, 6.45) is 1.76. The summed E-state index contributed by atoms with van der Waals surface area (Å²) in [7, 11) is 1.65. The quantitative estimate of drug-likeness (QED) is 0.895. The van der Waals surface area contributed by atoms with E-state index in [1.165, 1.54) is 0 Å². The SMILES string of the molecule is CC.COc1ccc(N2CCN(CC(C)(C)C(C)(C)O)CC2)nc1. The molecule has 1 aromatic rings. The molecule has 1 aromatic heterocycles. The molecule has 138 valence electrons. The van der Waals surface area contributed by atoms with Crippen molar-refractivity contribution in [1.29, 1.82) is 0 Å². The first-order valence-electron chi connectivity index (χ1n) is 8.93. The number of methoxy groups -OCH3 is 1. The van der Waals surface area contributed by atoms with Crippen molar-refractivity contribution in [1.82, 2.24) is 9.88 Å². The molecule has 1 saturated heterocycles. The summed E-state index contributed by atoms with van der Waals surface area (Å²) in [6, 6.07) is 3.96. The number of anilines is 1. The van der Waals surface area contributed by atoms with Crippen LogP contribution in [-0.2, 0) is 0 Å². The van der Waals surface area contributed by atoms with E-state index in [9.17, 15) is 5.11 Å². The van der Waals surface area contributed by atoms with Crippen molar-refractivity contribution < 1.29 is 9.84 Å². The standard InChI is InChI=1S/C17H29N3O2.C2H6/c1-16(2,17(3,4)21)13-19-8-10-20(11-9-19)15-7-6-14(22-5)12-18-15;1-2/h6-7,12,21H,8-11,13H2,1-5H3;1-2H3. The second kappa shape index (κ2) is 8.67. The molecule has 0 bridgehead atoms. The fourth-order valence-corrected chi connectivity index (χ4v) is 2.57. The van der Waals surface area contributed by atoms with Gasteiger partial charge in [0.05, 0.1) is 18.9 Å². The lowest BCUT2D eigenvalue weighted by Gasteiger charge is -2.44. The van der Waals surface area contributed by atoms with Crippen LogP contribution in [0.5, 0.6) is 5.75 Å². The number of nitrogens with zero attached hydrogens (tertiary/aromatic N) is 3. The Kier molecular flexibility index (Phi) is 7.49. The lowest BCUT2D eigenvalue weighted by atomic mass is 9.77. The summed E-state index contributed by atoms with van der Waals surface area (Å²) >= 11 is 0. The van der Waals surface area contributed by atoms with E-state index in [2.05, 4.69) is 28.6 Å². The van der Waals surface area contributed by atoms with Gasteiger partial charge in [0.1, 0.15) is 11.6 Å². The number of hydrogen-bond donors (Lipinski definition) is 1. The smallest absolute Gasteiger partial charge is 0.137 e. The molecule has 0 unspecified atom stereocenters. The largest absolute Gasteiger partial charge is 0.495 e. The predicted molar refractivity (Wildman–Crippen MR) is 101 cm³/mol. The monoisotopic (exact) mass is 337 g/mol. The van der Waals surface area contributed by atoms with E-state index in [1.54, 1.807) is 13.3 Å². The first-order valence-corrected chi connectivity index (χ1v) is 8.93. The maximum atomic E-state index is 10.3. The Bertz CT molecular complexity index is 472. The minimum atomic E-state index is -0.679. The highest BCUT2D eigenvalue weighted by molar-refractivity contribution is 5.41. The number of pyridine rings is 1. The van der Waals surface area contributed by atoms with Crippen molar-refractivity contribution in [3.63, 3.8) is 0 Å². The first-order chi connectivity index (χ1) is 11.2. The molecule has 1 aliphatic heterocycles. The van der Waals surface area contributed by atoms with E-state index in [1.807, 2.05) is 39.8 Å². The number of aliphatic hydroxyl groups is 1. The minimum absolute atomic E-state index is 0.131. The number of piperazine rings is 1. The molecule has 24 heavy (non-hydrogen) atoms. The van der Waals surface area contributed by atoms with Gasteiger partial charge in [0.15, 0.2) is 0 Å². The Labute approximate surface area is 147 Å². The fourth-order valence-electron chi connectivity index (χ4n) is 2.57. The Morgan fingerprint density at radius 3 is 2.08 bits per heavy atom. The summed E-state index contributed by atoms with van der Waals surface area (Å²) < 4.78 is 5.15. The zero-order valence-corrected chi connectivity index (χ0v) is 16.5. The molecule has 0 spiro atoms. The van der Waals surface area contributed by atoms with Crippen LogP contribution in [0.1, 0.15) is 41.5 Å². The highest BCUT2D eigenvalue weighted by Crippen LogP contribution is 2.31. The van der Waals surface area contributed by atoms with Gasteiger partial charge < -0.3 is 14.7 Å². The van der Waals surface area contributed by atoms with Crippen molar-refractivity contribution in [2.75, 3.05) is 44.7 Å². The van der Waals surface area contributed by atoms with E-state index < -0.39 is 5.60 Å². The van der Waals surface area contributed by atoms with Gasteiger partial charge in [-0.3, -0.25) is 4.90 Å². The third kappa shape index (κ3) is 5.35. The molecule has 0 amide bonds.